The van der Waals surface area contributed by atoms with Crippen LogP contribution in [0, 0.1) is 0 Å². The number of carbonyl (C=O) groups is 2. The highest BCUT2D eigenvalue weighted by Crippen LogP contribution is 2.27. The molecule has 1 fully saturated rings. The molecule has 0 radical (unpaired) electrons. The number of likely N-dealkylation sites (tertiary alicyclic amines) is 1. The lowest BCUT2D eigenvalue weighted by Gasteiger charge is -2.17. The number of rotatable bonds is 4. The van der Waals surface area contributed by atoms with Crippen LogP contribution < -0.4 is 10.6 Å². The van der Waals surface area contributed by atoms with Gasteiger partial charge in [-0.2, -0.15) is 0 Å². The van der Waals surface area contributed by atoms with Crippen LogP contribution in [0.4, 0.5) is 16.2 Å². The van der Waals surface area contributed by atoms with E-state index in [2.05, 4.69) is 20.6 Å². The molecule has 3 heterocycles. The number of fused-ring (bicyclic) bond motifs is 1. The summed E-state index contributed by atoms with van der Waals surface area (Å²) in [7, 11) is 0. The molecule has 2 aromatic heterocycles. The van der Waals surface area contributed by atoms with Crippen molar-refractivity contribution in [2.24, 2.45) is 0 Å². The minimum atomic E-state index is -0.904. The molecule has 8 heteroatoms. The van der Waals surface area contributed by atoms with E-state index in [1.807, 2.05) is 18.2 Å². The lowest BCUT2D eigenvalue weighted by Crippen LogP contribution is -2.30. The molecule has 1 aromatic carbocycles. The molecule has 0 aliphatic carbocycles. The average molecular weight is 377 g/mol. The third-order valence-electron chi connectivity index (χ3n) is 4.77. The van der Waals surface area contributed by atoms with E-state index < -0.39 is 6.09 Å². The molecular weight excluding hydrogens is 358 g/mol. The molecule has 0 bridgehead atoms. The number of anilines is 2. The summed E-state index contributed by atoms with van der Waals surface area (Å²) in [6, 6.07) is 10.8. The van der Waals surface area contributed by atoms with E-state index in [1.54, 1.807) is 36.8 Å². The maximum absolute atomic E-state index is 12.7. The van der Waals surface area contributed by atoms with E-state index in [-0.39, 0.29) is 11.9 Å². The van der Waals surface area contributed by atoms with E-state index in [4.69, 9.17) is 5.11 Å². The summed E-state index contributed by atoms with van der Waals surface area (Å²) in [6.45, 7) is 0.941. The normalized spacial score (nSPS) is 16.1. The quantitative estimate of drug-likeness (QED) is 0.645. The van der Waals surface area contributed by atoms with E-state index in [1.165, 1.54) is 4.90 Å². The number of nitrogens with one attached hydrogen (secondary N) is 2. The minimum absolute atomic E-state index is 0.0241. The van der Waals surface area contributed by atoms with Crippen LogP contribution in [0.2, 0.25) is 0 Å². The van der Waals surface area contributed by atoms with Crippen molar-refractivity contribution in [1.29, 1.82) is 0 Å². The predicted molar refractivity (Wildman–Crippen MR) is 106 cm³/mol. The maximum Gasteiger partial charge on any atom is 0.407 e. The van der Waals surface area contributed by atoms with Gasteiger partial charge >= 0.3 is 6.09 Å². The lowest BCUT2D eigenvalue weighted by molar-refractivity contribution is 0.102. The number of benzene rings is 1. The van der Waals surface area contributed by atoms with Crippen molar-refractivity contribution in [2.75, 3.05) is 23.7 Å². The first-order chi connectivity index (χ1) is 13.6. The number of aromatic nitrogens is 2. The van der Waals surface area contributed by atoms with E-state index in [0.717, 1.165) is 17.5 Å². The Balaban J connectivity index is 1.60. The highest BCUT2D eigenvalue weighted by Gasteiger charge is 2.26. The summed E-state index contributed by atoms with van der Waals surface area (Å²) in [5, 5.41) is 16.2. The van der Waals surface area contributed by atoms with Gasteiger partial charge in [-0.15, -0.1) is 0 Å². The van der Waals surface area contributed by atoms with E-state index >= 15 is 0 Å². The molecule has 142 valence electrons. The fourth-order valence-corrected chi connectivity index (χ4v) is 3.39. The Kier molecular flexibility index (Phi) is 4.76. The Hall–Kier alpha value is -3.68. The zero-order chi connectivity index (χ0) is 19.5. The van der Waals surface area contributed by atoms with Crippen LogP contribution in [-0.4, -0.2) is 51.1 Å². The molecule has 1 aliphatic rings. The third-order valence-corrected chi connectivity index (χ3v) is 4.77. The fourth-order valence-electron chi connectivity index (χ4n) is 3.39. The molecule has 4 rings (SSSR count). The number of carboxylic acid groups (broad SMARTS) is 1. The molecule has 28 heavy (non-hydrogen) atoms. The zero-order valence-electron chi connectivity index (χ0n) is 15.0. The zero-order valence-corrected chi connectivity index (χ0v) is 15.0. The van der Waals surface area contributed by atoms with Gasteiger partial charge in [0.2, 0.25) is 0 Å². The second kappa shape index (κ2) is 7.51. The molecule has 3 aromatic rings. The molecule has 0 spiro atoms. The predicted octanol–water partition coefficient (Wildman–Crippen LogP) is 3.05. The van der Waals surface area contributed by atoms with E-state index in [9.17, 15) is 9.59 Å². The number of hydrogen-bond donors (Lipinski definition) is 3. The van der Waals surface area contributed by atoms with Gasteiger partial charge in [-0.1, -0.05) is 0 Å². The largest absolute Gasteiger partial charge is 0.465 e. The van der Waals surface area contributed by atoms with Gasteiger partial charge in [0.25, 0.3) is 5.91 Å². The highest BCUT2D eigenvalue weighted by atomic mass is 16.4. The smallest absolute Gasteiger partial charge is 0.407 e. The van der Waals surface area contributed by atoms with Gasteiger partial charge in [0.05, 0.1) is 11.1 Å². The van der Waals surface area contributed by atoms with Gasteiger partial charge in [-0.25, -0.2) is 4.79 Å². The van der Waals surface area contributed by atoms with Gasteiger partial charge in [-0.3, -0.25) is 14.8 Å². The summed E-state index contributed by atoms with van der Waals surface area (Å²) in [6.07, 6.45) is 4.70. The molecular formula is C20H19N5O3. The topological polar surface area (TPSA) is 107 Å². The van der Waals surface area contributed by atoms with Crippen molar-refractivity contribution in [1.82, 2.24) is 14.9 Å². The van der Waals surface area contributed by atoms with Crippen LogP contribution in [0.25, 0.3) is 10.9 Å². The first kappa shape index (κ1) is 17.7. The van der Waals surface area contributed by atoms with Crippen molar-refractivity contribution in [3.63, 3.8) is 0 Å². The molecule has 1 aliphatic heterocycles. The van der Waals surface area contributed by atoms with Crippen LogP contribution in [0.5, 0.6) is 0 Å². The average Bonchev–Trinajstić information content (AvgIpc) is 3.18. The summed E-state index contributed by atoms with van der Waals surface area (Å²) >= 11 is 0. The van der Waals surface area contributed by atoms with Crippen molar-refractivity contribution in [2.45, 2.75) is 12.5 Å². The number of hydrogen-bond acceptors (Lipinski definition) is 5. The Bertz CT molecular complexity index is 1020. The highest BCUT2D eigenvalue weighted by molar-refractivity contribution is 6.13. The van der Waals surface area contributed by atoms with Crippen LogP contribution in [0.1, 0.15) is 16.8 Å². The van der Waals surface area contributed by atoms with Gasteiger partial charge < -0.3 is 20.6 Å². The molecule has 1 unspecified atom stereocenters. The van der Waals surface area contributed by atoms with Gasteiger partial charge in [-0.05, 0) is 42.8 Å². The van der Waals surface area contributed by atoms with Crippen LogP contribution in [0.15, 0.2) is 55.0 Å². The fraction of sp³-hybridized carbons (Fsp3) is 0.200. The first-order valence-electron chi connectivity index (χ1n) is 8.95. The van der Waals surface area contributed by atoms with Gasteiger partial charge in [0.1, 0.15) is 0 Å². The maximum atomic E-state index is 12.7. The standard InChI is InChI=1S/C20H19N5O3/c26-19(24-13-5-9-21-10-6-13)16-3-4-17(15-2-1-8-22-18(15)16)23-14-7-11-25(12-14)20(27)28/h1-6,8-10,14,23H,7,11-12H2,(H,27,28)(H,21,24,26). The van der Waals surface area contributed by atoms with Crippen molar-refractivity contribution in [3.05, 3.63) is 60.6 Å². The minimum Gasteiger partial charge on any atom is -0.465 e. The van der Waals surface area contributed by atoms with Gasteiger partial charge in [0.15, 0.2) is 0 Å². The number of pyridine rings is 2. The Labute approximate surface area is 161 Å². The summed E-state index contributed by atoms with van der Waals surface area (Å²) in [5.74, 6) is -0.251. The summed E-state index contributed by atoms with van der Waals surface area (Å²) in [4.78, 5) is 33.6. The third kappa shape index (κ3) is 3.57. The Morgan fingerprint density at radius 3 is 2.68 bits per heavy atom. The summed E-state index contributed by atoms with van der Waals surface area (Å²) in [5.41, 5.74) is 2.55. The molecule has 0 saturated carbocycles. The summed E-state index contributed by atoms with van der Waals surface area (Å²) < 4.78 is 0. The SMILES string of the molecule is O=C(Nc1ccncc1)c1ccc(NC2CCN(C(=O)O)C2)c2cccnc12. The second-order valence-electron chi connectivity index (χ2n) is 6.61. The number of nitrogens with zero attached hydrogens (tertiary/aromatic N) is 3. The van der Waals surface area contributed by atoms with Crippen LogP contribution in [-0.2, 0) is 0 Å². The number of amides is 2. The van der Waals surface area contributed by atoms with Crippen LogP contribution >= 0.6 is 0 Å². The van der Waals surface area contributed by atoms with Crippen molar-refractivity contribution in [3.8, 4) is 0 Å². The molecule has 8 nitrogen and oxygen atoms in total. The number of carbonyl (C=O) groups excluding carboxylic acids is 1. The Morgan fingerprint density at radius 2 is 1.93 bits per heavy atom. The monoisotopic (exact) mass is 377 g/mol. The Morgan fingerprint density at radius 1 is 1.11 bits per heavy atom. The van der Waals surface area contributed by atoms with Crippen molar-refractivity contribution >= 4 is 34.3 Å². The molecule has 2 amide bonds. The molecule has 3 N–H and O–H groups in total. The van der Waals surface area contributed by atoms with E-state index in [0.29, 0.717) is 29.9 Å². The molecule has 1 atom stereocenters. The second-order valence-corrected chi connectivity index (χ2v) is 6.61. The van der Waals surface area contributed by atoms with Gasteiger partial charge in [0, 0.05) is 54.5 Å². The molecule has 1 saturated heterocycles. The first-order valence-corrected chi connectivity index (χ1v) is 8.95. The lowest BCUT2D eigenvalue weighted by atomic mass is 10.1. The van der Waals surface area contributed by atoms with Crippen molar-refractivity contribution < 1.29 is 14.7 Å². The van der Waals surface area contributed by atoms with Crippen LogP contribution in [0.3, 0.4) is 0 Å².